The van der Waals surface area contributed by atoms with Crippen molar-refractivity contribution in [3.63, 3.8) is 0 Å². The number of nitrogens with one attached hydrogen (secondary N) is 2. The van der Waals surface area contributed by atoms with E-state index in [1.807, 2.05) is 11.4 Å². The molecule has 0 atom stereocenters. The molecule has 0 bridgehead atoms. The first-order chi connectivity index (χ1) is 9.76. The third-order valence-electron chi connectivity index (χ3n) is 2.76. The first-order valence-corrected chi connectivity index (χ1v) is 7.10. The lowest BCUT2D eigenvalue weighted by atomic mass is 10.3. The van der Waals surface area contributed by atoms with Gasteiger partial charge in [0.05, 0.1) is 5.39 Å². The van der Waals surface area contributed by atoms with Crippen molar-refractivity contribution in [2.75, 3.05) is 24.2 Å². The normalized spacial score (nSPS) is 10.9. The number of hydrogen-bond donors (Lipinski definition) is 2. The molecule has 3 aromatic heterocycles. The molecule has 0 fully saturated rings. The minimum atomic E-state index is 0.583. The van der Waals surface area contributed by atoms with Crippen LogP contribution in [0.5, 0.6) is 0 Å². The van der Waals surface area contributed by atoms with E-state index < -0.39 is 0 Å². The lowest BCUT2D eigenvalue weighted by Crippen LogP contribution is -2.09. The van der Waals surface area contributed by atoms with Gasteiger partial charge in [0, 0.05) is 26.9 Å². The van der Waals surface area contributed by atoms with Crippen LogP contribution in [-0.2, 0) is 6.42 Å². The van der Waals surface area contributed by atoms with E-state index >= 15 is 0 Å². The highest BCUT2D eigenvalue weighted by Gasteiger charge is 2.08. The Balaban J connectivity index is 1.74. The van der Waals surface area contributed by atoms with Crippen LogP contribution in [-0.4, -0.2) is 33.7 Å². The van der Waals surface area contributed by atoms with Gasteiger partial charge in [-0.05, 0) is 11.4 Å². The minimum Gasteiger partial charge on any atom is -0.369 e. The predicted molar refractivity (Wildman–Crippen MR) is 78.2 cm³/mol. The van der Waals surface area contributed by atoms with E-state index in [2.05, 4.69) is 30.7 Å². The second kappa shape index (κ2) is 5.41. The van der Waals surface area contributed by atoms with Crippen molar-refractivity contribution in [2.45, 2.75) is 13.3 Å². The van der Waals surface area contributed by atoms with Crippen LogP contribution >= 0.6 is 11.3 Å². The average Bonchev–Trinajstić information content (AvgIpc) is 3.07. The van der Waals surface area contributed by atoms with Gasteiger partial charge in [0.25, 0.3) is 0 Å². The maximum Gasteiger partial charge on any atom is 0.225 e. The standard InChI is InChI=1S/C12H14N6OS/c1-7-15-9(18-19-7)3-5-14-10-8-4-6-20-11(8)17-12(13-2)16-10/h4,6H,3,5H2,1-2H3,(H2,13,14,16,17). The highest BCUT2D eigenvalue weighted by molar-refractivity contribution is 7.16. The van der Waals surface area contributed by atoms with Gasteiger partial charge >= 0.3 is 0 Å². The molecule has 104 valence electrons. The molecule has 3 heterocycles. The summed E-state index contributed by atoms with van der Waals surface area (Å²) in [5.74, 6) is 2.71. The highest BCUT2D eigenvalue weighted by Crippen LogP contribution is 2.26. The summed E-state index contributed by atoms with van der Waals surface area (Å²) in [4.78, 5) is 14.0. The quantitative estimate of drug-likeness (QED) is 0.743. The predicted octanol–water partition coefficient (Wildman–Crippen LogP) is 2.08. The maximum atomic E-state index is 4.94. The zero-order chi connectivity index (χ0) is 13.9. The maximum absolute atomic E-state index is 4.94. The minimum absolute atomic E-state index is 0.583. The molecule has 0 aliphatic rings. The van der Waals surface area contributed by atoms with Gasteiger partial charge in [0.1, 0.15) is 10.6 Å². The fraction of sp³-hybridized carbons (Fsp3) is 0.333. The van der Waals surface area contributed by atoms with Gasteiger partial charge in [-0.1, -0.05) is 5.16 Å². The molecule has 2 N–H and O–H groups in total. The fourth-order valence-electron chi connectivity index (χ4n) is 1.84. The summed E-state index contributed by atoms with van der Waals surface area (Å²) in [6, 6.07) is 2.01. The van der Waals surface area contributed by atoms with E-state index in [-0.39, 0.29) is 0 Å². The molecule has 0 saturated heterocycles. The molecule has 0 spiro atoms. The monoisotopic (exact) mass is 290 g/mol. The molecule has 3 rings (SSSR count). The van der Waals surface area contributed by atoms with Crippen molar-refractivity contribution in [1.29, 1.82) is 0 Å². The van der Waals surface area contributed by atoms with Gasteiger partial charge in [0.2, 0.25) is 11.8 Å². The van der Waals surface area contributed by atoms with Gasteiger partial charge in [0.15, 0.2) is 5.82 Å². The van der Waals surface area contributed by atoms with Crippen molar-refractivity contribution in [1.82, 2.24) is 20.1 Å². The number of rotatable bonds is 5. The zero-order valence-electron chi connectivity index (χ0n) is 11.2. The van der Waals surface area contributed by atoms with Crippen LogP contribution in [0.2, 0.25) is 0 Å². The van der Waals surface area contributed by atoms with Crippen molar-refractivity contribution in [3.8, 4) is 0 Å². The largest absolute Gasteiger partial charge is 0.369 e. The van der Waals surface area contributed by atoms with Gasteiger partial charge in [-0.25, -0.2) is 4.98 Å². The molecule has 0 aromatic carbocycles. The third kappa shape index (κ3) is 2.55. The number of hydrogen-bond acceptors (Lipinski definition) is 8. The number of fused-ring (bicyclic) bond motifs is 1. The van der Waals surface area contributed by atoms with Crippen LogP contribution in [0.3, 0.4) is 0 Å². The molecular weight excluding hydrogens is 276 g/mol. The first kappa shape index (κ1) is 12.8. The number of aryl methyl sites for hydroxylation is 1. The van der Waals surface area contributed by atoms with Crippen molar-refractivity contribution in [3.05, 3.63) is 23.2 Å². The van der Waals surface area contributed by atoms with E-state index in [1.54, 1.807) is 25.3 Å². The number of anilines is 2. The van der Waals surface area contributed by atoms with Crippen molar-refractivity contribution in [2.24, 2.45) is 0 Å². The third-order valence-corrected chi connectivity index (χ3v) is 3.57. The summed E-state index contributed by atoms with van der Waals surface area (Å²) in [6.07, 6.45) is 0.682. The second-order valence-electron chi connectivity index (χ2n) is 4.19. The lowest BCUT2D eigenvalue weighted by Gasteiger charge is -2.07. The number of aromatic nitrogens is 4. The molecule has 0 amide bonds. The van der Waals surface area contributed by atoms with Crippen LogP contribution in [0, 0.1) is 6.92 Å². The molecule has 0 aliphatic heterocycles. The van der Waals surface area contributed by atoms with Gasteiger partial charge in [-0.15, -0.1) is 11.3 Å². The molecule has 3 aromatic rings. The summed E-state index contributed by atoms with van der Waals surface area (Å²) < 4.78 is 4.94. The Morgan fingerprint density at radius 1 is 1.30 bits per heavy atom. The van der Waals surface area contributed by atoms with Crippen molar-refractivity contribution >= 4 is 33.3 Å². The first-order valence-electron chi connectivity index (χ1n) is 6.22. The molecule has 8 heteroatoms. The molecular formula is C12H14N6OS. The fourth-order valence-corrected chi connectivity index (χ4v) is 2.60. The Hall–Kier alpha value is -2.22. The van der Waals surface area contributed by atoms with Crippen LogP contribution < -0.4 is 10.6 Å². The van der Waals surface area contributed by atoms with E-state index in [4.69, 9.17) is 4.52 Å². The molecule has 7 nitrogen and oxygen atoms in total. The Bertz CT molecular complexity index is 722. The van der Waals surface area contributed by atoms with Crippen molar-refractivity contribution < 1.29 is 4.52 Å². The summed E-state index contributed by atoms with van der Waals surface area (Å²) in [5.41, 5.74) is 0. The SMILES string of the molecule is CNc1nc(NCCc2noc(C)n2)c2ccsc2n1. The number of thiophene rings is 1. The molecule has 20 heavy (non-hydrogen) atoms. The zero-order valence-corrected chi connectivity index (χ0v) is 12.0. The van der Waals surface area contributed by atoms with E-state index in [0.717, 1.165) is 16.0 Å². The van der Waals surface area contributed by atoms with Crippen LogP contribution in [0.1, 0.15) is 11.7 Å². The number of nitrogens with zero attached hydrogens (tertiary/aromatic N) is 4. The molecule has 0 saturated carbocycles. The molecule has 0 unspecified atom stereocenters. The summed E-state index contributed by atoms with van der Waals surface area (Å²) in [6.45, 7) is 2.46. The summed E-state index contributed by atoms with van der Waals surface area (Å²) >= 11 is 1.59. The van der Waals surface area contributed by atoms with Gasteiger partial charge < -0.3 is 15.2 Å². The summed E-state index contributed by atoms with van der Waals surface area (Å²) in [5, 5.41) is 13.2. The van der Waals surface area contributed by atoms with Crippen LogP contribution in [0.15, 0.2) is 16.0 Å². The topological polar surface area (TPSA) is 88.8 Å². The molecule has 0 aliphatic carbocycles. The second-order valence-corrected chi connectivity index (χ2v) is 5.09. The van der Waals surface area contributed by atoms with Gasteiger partial charge in [-0.2, -0.15) is 9.97 Å². The van der Waals surface area contributed by atoms with Crippen LogP contribution in [0.4, 0.5) is 11.8 Å². The smallest absolute Gasteiger partial charge is 0.225 e. The van der Waals surface area contributed by atoms with E-state index in [1.165, 1.54) is 0 Å². The Morgan fingerprint density at radius 2 is 2.20 bits per heavy atom. The highest BCUT2D eigenvalue weighted by atomic mass is 32.1. The Kier molecular flexibility index (Phi) is 3.46. The summed E-state index contributed by atoms with van der Waals surface area (Å²) in [7, 11) is 1.81. The van der Waals surface area contributed by atoms with E-state index in [9.17, 15) is 0 Å². The Labute approximate surface area is 119 Å². The average molecular weight is 290 g/mol. The Morgan fingerprint density at radius 3 is 2.95 bits per heavy atom. The lowest BCUT2D eigenvalue weighted by molar-refractivity contribution is 0.387. The van der Waals surface area contributed by atoms with E-state index in [0.29, 0.717) is 30.6 Å². The van der Waals surface area contributed by atoms with Gasteiger partial charge in [-0.3, -0.25) is 0 Å². The van der Waals surface area contributed by atoms with Crippen LogP contribution in [0.25, 0.3) is 10.2 Å². The molecule has 0 radical (unpaired) electrons.